The largest absolute Gasteiger partial charge is 0.494 e. The zero-order valence-corrected chi connectivity index (χ0v) is 39.3. The second-order valence-electron chi connectivity index (χ2n) is 16.0. The van der Waals surface area contributed by atoms with Crippen molar-refractivity contribution in [1.82, 2.24) is 39.5 Å². The van der Waals surface area contributed by atoms with Crippen LogP contribution in [0.5, 0.6) is 11.5 Å². The zero-order valence-electron chi connectivity index (χ0n) is 39.3. The third-order valence-corrected chi connectivity index (χ3v) is 11.0. The Labute approximate surface area is 399 Å². The smallest absolute Gasteiger partial charge is 0.298 e. The highest BCUT2D eigenvalue weighted by Crippen LogP contribution is 2.28. The number of H-pyrrole nitrogens is 2. The van der Waals surface area contributed by atoms with Crippen LogP contribution in [-0.4, -0.2) is 144 Å². The van der Waals surface area contributed by atoms with Crippen LogP contribution in [0.15, 0.2) is 64.2 Å². The summed E-state index contributed by atoms with van der Waals surface area (Å²) in [4.78, 5) is 80.5. The van der Waals surface area contributed by atoms with Crippen molar-refractivity contribution in [3.8, 4) is 11.5 Å². The molecule has 0 saturated carbocycles. The molecule has 0 spiro atoms. The first-order valence-corrected chi connectivity index (χ1v) is 22.1. The highest BCUT2D eigenvalue weighted by molar-refractivity contribution is 6.02. The summed E-state index contributed by atoms with van der Waals surface area (Å²) in [6, 6.07) is 6.17. The number of aromatic amines is 2. The third kappa shape index (κ3) is 11.4. The summed E-state index contributed by atoms with van der Waals surface area (Å²) in [5.41, 5.74) is 14.0. The minimum absolute atomic E-state index is 0.0106. The van der Waals surface area contributed by atoms with E-state index in [1.54, 1.807) is 41.2 Å². The first-order chi connectivity index (χ1) is 33.4. The Kier molecular flexibility index (Phi) is 16.7. The maximum atomic E-state index is 13.8. The van der Waals surface area contributed by atoms with Gasteiger partial charge < -0.3 is 80.9 Å². The fraction of sp³-hybridized carbons (Fsp3) is 0.400. The lowest BCUT2D eigenvalue weighted by Crippen LogP contribution is -2.64. The maximum absolute atomic E-state index is 13.8. The van der Waals surface area contributed by atoms with E-state index in [1.165, 1.54) is 56.2 Å². The Morgan fingerprint density at radius 3 is 2.06 bits per heavy atom. The number of aromatic nitrogens is 6. The summed E-state index contributed by atoms with van der Waals surface area (Å²) in [6.45, 7) is 6.76. The van der Waals surface area contributed by atoms with Gasteiger partial charge in [-0.1, -0.05) is 12.2 Å². The molecule has 0 unspecified atom stereocenters. The van der Waals surface area contributed by atoms with Gasteiger partial charge in [-0.3, -0.25) is 28.7 Å². The number of fused-ring (bicyclic) bond motifs is 2. The SMILES string of the molecule is CCN/C(=C\C(C)=N)C(=O)/N=c1/[nH]c2cc(C(N)=O)cc(OC)c2n1C/C=C/Cn1/c(=N/C(=O)c2cc(C)nn2CC)[nH]c2cc(C(N)=O)cc(OCCC(=O)N[C@H]3[C@@H](OC)O[C@H](CO)[C@@H](O)[C@@H]3O)c21. The zero-order chi connectivity index (χ0) is 51.0. The van der Waals surface area contributed by atoms with Crippen molar-refractivity contribution >= 4 is 57.3 Å². The van der Waals surface area contributed by atoms with Gasteiger partial charge in [0.15, 0.2) is 6.29 Å². The minimum atomic E-state index is -1.55. The second-order valence-corrected chi connectivity index (χ2v) is 16.0. The Morgan fingerprint density at radius 1 is 0.914 bits per heavy atom. The number of primary amides is 2. The minimum Gasteiger partial charge on any atom is -0.494 e. The molecule has 25 nitrogen and oxygen atoms in total. The molecule has 5 aromatic rings. The Morgan fingerprint density at radius 2 is 1.51 bits per heavy atom. The predicted octanol–water partition coefficient (Wildman–Crippen LogP) is -0.720. The number of rotatable bonds is 20. The lowest BCUT2D eigenvalue weighted by molar-refractivity contribution is -0.262. The molecule has 5 amide bonds. The van der Waals surface area contributed by atoms with Crippen LogP contribution in [0.2, 0.25) is 0 Å². The summed E-state index contributed by atoms with van der Waals surface area (Å²) in [7, 11) is 2.68. The van der Waals surface area contributed by atoms with Gasteiger partial charge >= 0.3 is 0 Å². The van der Waals surface area contributed by atoms with Crippen molar-refractivity contribution in [3.63, 3.8) is 0 Å². The van der Waals surface area contributed by atoms with Crippen LogP contribution in [0.4, 0.5) is 0 Å². The molecule has 6 rings (SSSR count). The van der Waals surface area contributed by atoms with E-state index in [0.717, 1.165) is 0 Å². The number of hydrogen-bond donors (Lipinski definition) is 10. The topological polar surface area (TPSA) is 367 Å². The molecule has 0 bridgehead atoms. The molecule has 70 heavy (non-hydrogen) atoms. The Bertz CT molecular complexity index is 3030. The number of aryl methyl sites for hydroxylation is 2. The molecule has 4 heterocycles. The van der Waals surface area contributed by atoms with Gasteiger partial charge in [-0.2, -0.15) is 15.1 Å². The molecule has 25 heteroatoms. The van der Waals surface area contributed by atoms with Crippen LogP contribution in [0.1, 0.15) is 64.1 Å². The fourth-order valence-electron chi connectivity index (χ4n) is 7.81. The van der Waals surface area contributed by atoms with E-state index in [4.69, 9.17) is 35.8 Å². The number of carbonyl (C=O) groups is 5. The van der Waals surface area contributed by atoms with Crippen LogP contribution in [0.25, 0.3) is 22.1 Å². The molecule has 1 aliphatic heterocycles. The number of allylic oxidation sites excluding steroid dienone is 3. The van der Waals surface area contributed by atoms with Crippen LogP contribution >= 0.6 is 0 Å². The molecule has 0 radical (unpaired) electrons. The molecule has 1 aliphatic rings. The standard InChI is InChI=1S/C45H57N13O12/c1-7-49-28(15-22(3)46)41(65)53-44-50-26-17-24(39(47)63)19-30(67-5)35(26)56(44)12-9-10-13-57-36-27(51-45(57)54-42(66)29-16-23(4)55-58(29)8-2)18-25(40(48)64)20-31(36)69-14-11-33(60)52-34-38(62)37(61)32(21-59)70-43(34)68-6/h9-10,15-20,32,34,37-38,43,46,49,59,61-62H,7-8,11-14,21H2,1-6H3,(H2,47,63)(H2,48,64)(H,52,60)(H,50,53,65)(H,51,54,66)/b10-9+,28-15-,46-22?/t32-,34-,37-,38-,43+/m1/s1. The number of imidazole rings is 2. The van der Waals surface area contributed by atoms with Crippen molar-refractivity contribution in [1.29, 1.82) is 5.41 Å². The number of nitrogens with one attached hydrogen (secondary N) is 5. The number of amides is 5. The van der Waals surface area contributed by atoms with Gasteiger partial charge in [0.2, 0.25) is 29.0 Å². The molecule has 1 saturated heterocycles. The highest BCUT2D eigenvalue weighted by Gasteiger charge is 2.45. The first kappa shape index (κ1) is 51.7. The molecule has 3 aromatic heterocycles. The van der Waals surface area contributed by atoms with Crippen molar-refractivity contribution in [2.75, 3.05) is 34.0 Å². The molecular weight excluding hydrogens is 915 g/mol. The molecule has 374 valence electrons. The number of hydrogen-bond acceptors (Lipinski definition) is 15. The van der Waals surface area contributed by atoms with Gasteiger partial charge in [-0.25, -0.2) is 0 Å². The summed E-state index contributed by atoms with van der Waals surface area (Å²) >= 11 is 0. The maximum Gasteiger partial charge on any atom is 0.298 e. The third-order valence-electron chi connectivity index (χ3n) is 11.0. The molecular formula is C45H57N13O12. The summed E-state index contributed by atoms with van der Waals surface area (Å²) < 4.78 is 27.3. The van der Waals surface area contributed by atoms with E-state index in [2.05, 4.69) is 35.7 Å². The fourth-order valence-corrected chi connectivity index (χ4v) is 7.81. The molecule has 1 fully saturated rings. The normalized spacial score (nSPS) is 19.0. The number of methoxy groups -OCH3 is 2. The van der Waals surface area contributed by atoms with E-state index in [1.807, 2.05) is 6.92 Å². The molecule has 12 N–H and O–H groups in total. The Balaban J connectivity index is 1.41. The van der Waals surface area contributed by atoms with Gasteiger partial charge in [-0.05, 0) is 64.1 Å². The molecule has 2 aromatic carbocycles. The average molecular weight is 972 g/mol. The van der Waals surface area contributed by atoms with Gasteiger partial charge in [0.1, 0.15) is 58.3 Å². The first-order valence-electron chi connectivity index (χ1n) is 22.1. The van der Waals surface area contributed by atoms with Crippen LogP contribution in [-0.2, 0) is 38.7 Å². The predicted molar refractivity (Wildman–Crippen MR) is 250 cm³/mol. The van der Waals surface area contributed by atoms with Crippen molar-refractivity contribution in [3.05, 3.63) is 88.0 Å². The number of likely N-dealkylation sites (N-methyl/N-ethyl adjacent to an activating group) is 1. The van der Waals surface area contributed by atoms with Crippen LogP contribution < -0.4 is 42.8 Å². The monoisotopic (exact) mass is 971 g/mol. The van der Waals surface area contributed by atoms with Gasteiger partial charge in [0, 0.05) is 50.1 Å². The van der Waals surface area contributed by atoms with E-state index in [0.29, 0.717) is 35.3 Å². The van der Waals surface area contributed by atoms with Crippen molar-refractivity contribution in [2.45, 2.75) is 84.4 Å². The Hall–Kier alpha value is -7.71. The molecule has 5 atom stereocenters. The number of ether oxygens (including phenoxy) is 4. The van der Waals surface area contributed by atoms with E-state index in [-0.39, 0.29) is 82.6 Å². The molecule has 0 aliphatic carbocycles. The van der Waals surface area contributed by atoms with Gasteiger partial charge in [0.05, 0.1) is 43.5 Å². The summed E-state index contributed by atoms with van der Waals surface area (Å²) in [5.74, 6) is -3.19. The average Bonchev–Trinajstić information content (AvgIpc) is 4.00. The lowest BCUT2D eigenvalue weighted by atomic mass is 9.97. The summed E-state index contributed by atoms with van der Waals surface area (Å²) in [6.07, 6.45) is -0.927. The van der Waals surface area contributed by atoms with Crippen LogP contribution in [0.3, 0.4) is 0 Å². The number of aliphatic hydroxyl groups is 3. The van der Waals surface area contributed by atoms with Crippen molar-refractivity contribution in [2.24, 2.45) is 21.5 Å². The van der Waals surface area contributed by atoms with Crippen molar-refractivity contribution < 1.29 is 58.2 Å². The van der Waals surface area contributed by atoms with E-state index in [9.17, 15) is 39.3 Å². The highest BCUT2D eigenvalue weighted by atomic mass is 16.7. The van der Waals surface area contributed by atoms with Gasteiger partial charge in [0.25, 0.3) is 11.8 Å². The lowest BCUT2D eigenvalue weighted by Gasteiger charge is -2.41. The number of aliphatic hydroxyl groups excluding tert-OH is 3. The second kappa shape index (κ2) is 22.6. The van der Waals surface area contributed by atoms with Gasteiger partial charge in [-0.15, -0.1) is 0 Å². The van der Waals surface area contributed by atoms with E-state index >= 15 is 0 Å². The summed E-state index contributed by atoms with van der Waals surface area (Å²) in [5, 5.41) is 48.5. The number of carbonyl (C=O) groups excluding carboxylic acids is 5. The number of nitrogens with zero attached hydrogens (tertiary/aromatic N) is 6. The van der Waals surface area contributed by atoms with Crippen LogP contribution in [0, 0.1) is 12.3 Å². The number of nitrogens with two attached hydrogens (primary N) is 2. The van der Waals surface area contributed by atoms with E-state index < -0.39 is 66.8 Å². The quantitative estimate of drug-likeness (QED) is 0.0262. The number of benzene rings is 2.